The molecule has 0 atom stereocenters. The number of aromatic nitrogens is 2. The zero-order valence-electron chi connectivity index (χ0n) is 10.8. The Balaban J connectivity index is 1.95. The molecular weight excluding hydrogens is 230 g/mol. The third kappa shape index (κ3) is 2.98. The fraction of sp³-hybridized carbons (Fsp3) is 0.538. The van der Waals surface area contributed by atoms with Crippen LogP contribution in [0.15, 0.2) is 27.5 Å². The fourth-order valence-corrected chi connectivity index (χ4v) is 1.80. The molecular formula is C13H19N3O2. The van der Waals surface area contributed by atoms with Crippen LogP contribution in [0.1, 0.15) is 20.3 Å². The van der Waals surface area contributed by atoms with Crippen molar-refractivity contribution in [3.05, 3.63) is 28.9 Å². The largest absolute Gasteiger partial charge is 0.421 e. The maximum Gasteiger partial charge on any atom is 0.421 e. The Kier molecular flexibility index (Phi) is 4.15. The second-order valence-electron chi connectivity index (χ2n) is 4.78. The maximum atomic E-state index is 11.6. The smallest absolute Gasteiger partial charge is 0.406 e. The highest BCUT2D eigenvalue weighted by Crippen LogP contribution is 2.07. The molecule has 5 heteroatoms. The van der Waals surface area contributed by atoms with Crippen LogP contribution >= 0.6 is 0 Å². The number of hydrogen-bond acceptors (Lipinski definition) is 4. The van der Waals surface area contributed by atoms with E-state index in [0.29, 0.717) is 23.7 Å². The van der Waals surface area contributed by atoms with Crippen molar-refractivity contribution in [3.8, 4) is 0 Å². The molecule has 0 unspecified atom stereocenters. The molecule has 2 heterocycles. The van der Waals surface area contributed by atoms with Crippen LogP contribution in [0, 0.1) is 5.92 Å². The highest BCUT2D eigenvalue weighted by atomic mass is 16.4. The predicted octanol–water partition coefficient (Wildman–Crippen LogP) is 1.63. The van der Waals surface area contributed by atoms with Gasteiger partial charge in [-0.2, -0.15) is 0 Å². The summed E-state index contributed by atoms with van der Waals surface area (Å²) >= 11 is 0. The zero-order chi connectivity index (χ0) is 13.0. The summed E-state index contributed by atoms with van der Waals surface area (Å²) in [6, 6.07) is 3.52. The number of hydrogen-bond donors (Lipinski definition) is 1. The molecule has 0 bridgehead atoms. The van der Waals surface area contributed by atoms with Gasteiger partial charge in [0.1, 0.15) is 0 Å². The Labute approximate surface area is 106 Å². The Morgan fingerprint density at radius 1 is 1.44 bits per heavy atom. The lowest BCUT2D eigenvalue weighted by atomic mass is 10.1. The van der Waals surface area contributed by atoms with Crippen molar-refractivity contribution in [2.24, 2.45) is 5.92 Å². The summed E-state index contributed by atoms with van der Waals surface area (Å²) in [5.41, 5.74) is 1.16. The lowest BCUT2D eigenvalue weighted by Gasteiger charge is -2.06. The normalized spacial score (nSPS) is 11.5. The molecule has 0 spiro atoms. The minimum Gasteiger partial charge on any atom is -0.406 e. The minimum absolute atomic E-state index is 0.339. The summed E-state index contributed by atoms with van der Waals surface area (Å²) in [5.74, 6) is 0.353. The summed E-state index contributed by atoms with van der Waals surface area (Å²) in [7, 11) is 0. The van der Waals surface area contributed by atoms with Gasteiger partial charge in [-0.3, -0.25) is 4.57 Å². The van der Waals surface area contributed by atoms with Crippen molar-refractivity contribution in [2.75, 3.05) is 13.1 Å². The van der Waals surface area contributed by atoms with Crippen molar-refractivity contribution < 1.29 is 4.42 Å². The summed E-state index contributed by atoms with van der Waals surface area (Å²) in [4.78, 5) is 15.8. The molecule has 0 aliphatic heterocycles. The number of oxazole rings is 1. The molecule has 5 nitrogen and oxygen atoms in total. The van der Waals surface area contributed by atoms with Crippen LogP contribution < -0.4 is 11.1 Å². The van der Waals surface area contributed by atoms with E-state index in [1.165, 1.54) is 0 Å². The zero-order valence-corrected chi connectivity index (χ0v) is 10.8. The standard InChI is InChI=1S/C13H19N3O2/c1-10(2)5-7-14-8-9-16-12-11(18-13(16)17)4-3-6-15-12/h3-4,6,10,14H,5,7-9H2,1-2H3. The number of nitrogens with zero attached hydrogens (tertiary/aromatic N) is 2. The molecule has 2 aromatic heterocycles. The van der Waals surface area contributed by atoms with Gasteiger partial charge in [-0.1, -0.05) is 13.8 Å². The Hall–Kier alpha value is -1.62. The molecule has 2 rings (SSSR count). The highest BCUT2D eigenvalue weighted by molar-refractivity contribution is 5.67. The summed E-state index contributed by atoms with van der Waals surface area (Å²) in [6.07, 6.45) is 2.80. The average molecular weight is 249 g/mol. The average Bonchev–Trinajstić information content (AvgIpc) is 2.65. The van der Waals surface area contributed by atoms with Gasteiger partial charge in [0, 0.05) is 19.3 Å². The van der Waals surface area contributed by atoms with Gasteiger partial charge in [0.15, 0.2) is 11.2 Å². The number of fused-ring (bicyclic) bond motifs is 1. The van der Waals surface area contributed by atoms with Crippen LogP contribution in [-0.2, 0) is 6.54 Å². The SMILES string of the molecule is CC(C)CCNCCn1c(=O)oc2cccnc21. The van der Waals surface area contributed by atoms with Crippen molar-refractivity contribution in [3.63, 3.8) is 0 Å². The van der Waals surface area contributed by atoms with E-state index >= 15 is 0 Å². The number of rotatable bonds is 6. The molecule has 0 amide bonds. The van der Waals surface area contributed by atoms with E-state index < -0.39 is 0 Å². The highest BCUT2D eigenvalue weighted by Gasteiger charge is 2.08. The summed E-state index contributed by atoms with van der Waals surface area (Å²) in [6.45, 7) is 6.69. The first-order chi connectivity index (χ1) is 8.68. The predicted molar refractivity (Wildman–Crippen MR) is 70.6 cm³/mol. The quantitative estimate of drug-likeness (QED) is 0.790. The Morgan fingerprint density at radius 2 is 2.28 bits per heavy atom. The van der Waals surface area contributed by atoms with Gasteiger partial charge >= 0.3 is 5.76 Å². The van der Waals surface area contributed by atoms with E-state index in [1.54, 1.807) is 22.9 Å². The first-order valence-corrected chi connectivity index (χ1v) is 6.33. The number of pyridine rings is 1. The van der Waals surface area contributed by atoms with Gasteiger partial charge in [0.05, 0.1) is 0 Å². The fourth-order valence-electron chi connectivity index (χ4n) is 1.80. The molecule has 0 saturated heterocycles. The van der Waals surface area contributed by atoms with Gasteiger partial charge in [-0.15, -0.1) is 0 Å². The molecule has 0 saturated carbocycles. The Morgan fingerprint density at radius 3 is 3.06 bits per heavy atom. The first kappa shape index (κ1) is 12.8. The molecule has 0 aromatic carbocycles. The first-order valence-electron chi connectivity index (χ1n) is 6.33. The van der Waals surface area contributed by atoms with Crippen LogP contribution in [-0.4, -0.2) is 22.6 Å². The van der Waals surface area contributed by atoms with Gasteiger partial charge < -0.3 is 9.73 Å². The van der Waals surface area contributed by atoms with E-state index in [2.05, 4.69) is 24.1 Å². The number of nitrogens with one attached hydrogen (secondary N) is 1. The topological polar surface area (TPSA) is 60.1 Å². The van der Waals surface area contributed by atoms with Crippen LogP contribution in [0.5, 0.6) is 0 Å². The molecule has 18 heavy (non-hydrogen) atoms. The van der Waals surface area contributed by atoms with Crippen molar-refractivity contribution >= 4 is 11.2 Å². The van der Waals surface area contributed by atoms with Crippen LogP contribution in [0.25, 0.3) is 11.2 Å². The van der Waals surface area contributed by atoms with E-state index in [4.69, 9.17) is 4.42 Å². The summed E-state index contributed by atoms with van der Waals surface area (Å²) in [5, 5.41) is 3.32. The third-order valence-corrected chi connectivity index (χ3v) is 2.83. The van der Waals surface area contributed by atoms with Gasteiger partial charge in [-0.05, 0) is 31.0 Å². The lowest BCUT2D eigenvalue weighted by molar-refractivity contribution is 0.481. The molecule has 2 aromatic rings. The monoisotopic (exact) mass is 249 g/mol. The molecule has 0 aliphatic rings. The second kappa shape index (κ2) is 5.82. The van der Waals surface area contributed by atoms with Crippen molar-refractivity contribution in [1.29, 1.82) is 0 Å². The minimum atomic E-state index is -0.339. The lowest BCUT2D eigenvalue weighted by Crippen LogP contribution is -2.26. The van der Waals surface area contributed by atoms with E-state index in [9.17, 15) is 4.79 Å². The molecule has 0 aliphatic carbocycles. The molecule has 1 N–H and O–H groups in total. The van der Waals surface area contributed by atoms with Crippen LogP contribution in [0.2, 0.25) is 0 Å². The van der Waals surface area contributed by atoms with Gasteiger partial charge in [0.25, 0.3) is 0 Å². The molecule has 0 fully saturated rings. The second-order valence-corrected chi connectivity index (χ2v) is 4.78. The van der Waals surface area contributed by atoms with Crippen LogP contribution in [0.3, 0.4) is 0 Å². The van der Waals surface area contributed by atoms with E-state index in [1.807, 2.05) is 0 Å². The molecule has 98 valence electrons. The van der Waals surface area contributed by atoms with E-state index in [-0.39, 0.29) is 5.76 Å². The third-order valence-electron chi connectivity index (χ3n) is 2.83. The van der Waals surface area contributed by atoms with E-state index in [0.717, 1.165) is 19.5 Å². The molecule has 0 radical (unpaired) electrons. The van der Waals surface area contributed by atoms with Crippen molar-refractivity contribution in [1.82, 2.24) is 14.9 Å². The van der Waals surface area contributed by atoms with Gasteiger partial charge in [0.2, 0.25) is 0 Å². The Bertz CT molecular complexity index is 557. The maximum absolute atomic E-state index is 11.6. The summed E-state index contributed by atoms with van der Waals surface area (Å²) < 4.78 is 6.68. The van der Waals surface area contributed by atoms with Gasteiger partial charge in [-0.25, -0.2) is 9.78 Å². The van der Waals surface area contributed by atoms with Crippen LogP contribution in [0.4, 0.5) is 0 Å². The van der Waals surface area contributed by atoms with Crippen molar-refractivity contribution in [2.45, 2.75) is 26.8 Å².